The van der Waals surface area contributed by atoms with Crippen LogP contribution in [0.2, 0.25) is 0 Å². The third-order valence-corrected chi connectivity index (χ3v) is 2.51. The zero-order valence-corrected chi connectivity index (χ0v) is 9.84. The SMILES string of the molecule is Cc1ccc(-c2ccccc2C=C(C#N)C#N)o1. The smallest absolute Gasteiger partial charge is 0.134 e. The molecule has 0 aliphatic rings. The molecule has 0 aliphatic heterocycles. The predicted molar refractivity (Wildman–Crippen MR) is 68.1 cm³/mol. The number of allylic oxidation sites excluding steroid dienone is 1. The molecular formula is C15H10N2O. The summed E-state index contributed by atoms with van der Waals surface area (Å²) < 4.78 is 5.56. The molecule has 0 radical (unpaired) electrons. The maximum atomic E-state index is 8.79. The van der Waals surface area contributed by atoms with E-state index in [4.69, 9.17) is 14.9 Å². The van der Waals surface area contributed by atoms with Crippen LogP contribution in [0.15, 0.2) is 46.4 Å². The van der Waals surface area contributed by atoms with Gasteiger partial charge in [-0.3, -0.25) is 0 Å². The van der Waals surface area contributed by atoms with Crippen LogP contribution in [0.25, 0.3) is 17.4 Å². The van der Waals surface area contributed by atoms with Gasteiger partial charge in [-0.05, 0) is 30.7 Å². The number of nitriles is 2. The van der Waals surface area contributed by atoms with Crippen molar-refractivity contribution in [1.82, 2.24) is 0 Å². The first-order chi connectivity index (χ1) is 8.74. The van der Waals surface area contributed by atoms with Crippen molar-refractivity contribution in [2.45, 2.75) is 6.92 Å². The summed E-state index contributed by atoms with van der Waals surface area (Å²) in [5, 5.41) is 17.6. The van der Waals surface area contributed by atoms with Gasteiger partial charge in [-0.25, -0.2) is 0 Å². The van der Waals surface area contributed by atoms with E-state index in [1.165, 1.54) is 0 Å². The highest BCUT2D eigenvalue weighted by Gasteiger charge is 2.07. The Bertz CT molecular complexity index is 665. The first-order valence-electron chi connectivity index (χ1n) is 5.42. The van der Waals surface area contributed by atoms with Gasteiger partial charge in [-0.2, -0.15) is 10.5 Å². The lowest BCUT2D eigenvalue weighted by atomic mass is 10.0. The lowest BCUT2D eigenvalue weighted by Crippen LogP contribution is -1.82. The molecule has 1 heterocycles. The van der Waals surface area contributed by atoms with Crippen molar-refractivity contribution in [3.8, 4) is 23.5 Å². The summed E-state index contributed by atoms with van der Waals surface area (Å²) >= 11 is 0. The molecule has 0 aliphatic carbocycles. The molecule has 0 bridgehead atoms. The van der Waals surface area contributed by atoms with Crippen LogP contribution < -0.4 is 0 Å². The first kappa shape index (κ1) is 11.7. The van der Waals surface area contributed by atoms with Crippen LogP contribution >= 0.6 is 0 Å². The van der Waals surface area contributed by atoms with Gasteiger partial charge in [0, 0.05) is 5.56 Å². The molecule has 3 nitrogen and oxygen atoms in total. The summed E-state index contributed by atoms with van der Waals surface area (Å²) in [6.45, 7) is 1.87. The lowest BCUT2D eigenvalue weighted by Gasteiger charge is -2.02. The van der Waals surface area contributed by atoms with Gasteiger partial charge in [-0.15, -0.1) is 0 Å². The summed E-state index contributed by atoms with van der Waals surface area (Å²) in [4.78, 5) is 0. The molecule has 86 valence electrons. The number of hydrogen-bond acceptors (Lipinski definition) is 3. The van der Waals surface area contributed by atoms with Gasteiger partial charge in [0.1, 0.15) is 29.2 Å². The topological polar surface area (TPSA) is 60.7 Å². The highest BCUT2D eigenvalue weighted by molar-refractivity contribution is 5.75. The number of rotatable bonds is 2. The van der Waals surface area contributed by atoms with Crippen LogP contribution in [0.5, 0.6) is 0 Å². The fraction of sp³-hybridized carbons (Fsp3) is 0.0667. The van der Waals surface area contributed by atoms with E-state index in [9.17, 15) is 0 Å². The van der Waals surface area contributed by atoms with Gasteiger partial charge in [0.25, 0.3) is 0 Å². The molecule has 0 fully saturated rings. The minimum atomic E-state index is 0.0747. The second kappa shape index (κ2) is 5.03. The predicted octanol–water partition coefficient (Wildman–Crippen LogP) is 3.69. The van der Waals surface area contributed by atoms with Crippen LogP contribution in [0.4, 0.5) is 0 Å². The fourth-order valence-corrected chi connectivity index (χ4v) is 1.67. The molecule has 3 heteroatoms. The Labute approximate surface area is 105 Å². The summed E-state index contributed by atoms with van der Waals surface area (Å²) in [6.07, 6.45) is 1.56. The van der Waals surface area contributed by atoms with E-state index in [-0.39, 0.29) is 5.57 Å². The second-order valence-corrected chi connectivity index (χ2v) is 3.78. The Kier molecular flexibility index (Phi) is 3.27. The molecular weight excluding hydrogens is 224 g/mol. The average Bonchev–Trinajstić information content (AvgIpc) is 2.83. The van der Waals surface area contributed by atoms with Crippen molar-refractivity contribution in [1.29, 1.82) is 10.5 Å². The average molecular weight is 234 g/mol. The van der Waals surface area contributed by atoms with E-state index in [0.717, 1.165) is 22.6 Å². The van der Waals surface area contributed by atoms with Crippen molar-refractivity contribution in [2.75, 3.05) is 0 Å². The fourth-order valence-electron chi connectivity index (χ4n) is 1.67. The monoisotopic (exact) mass is 234 g/mol. The zero-order chi connectivity index (χ0) is 13.0. The van der Waals surface area contributed by atoms with Crippen molar-refractivity contribution >= 4 is 6.08 Å². The summed E-state index contributed by atoms with van der Waals surface area (Å²) in [5.74, 6) is 1.55. The van der Waals surface area contributed by atoms with Gasteiger partial charge >= 0.3 is 0 Å². The second-order valence-electron chi connectivity index (χ2n) is 3.78. The highest BCUT2D eigenvalue weighted by Crippen LogP contribution is 2.27. The number of aryl methyl sites for hydroxylation is 1. The van der Waals surface area contributed by atoms with E-state index in [2.05, 4.69) is 0 Å². The van der Waals surface area contributed by atoms with Crippen LogP contribution in [-0.4, -0.2) is 0 Å². The minimum absolute atomic E-state index is 0.0747. The lowest BCUT2D eigenvalue weighted by molar-refractivity contribution is 0.548. The standard InChI is InChI=1S/C15H10N2O/c1-11-6-7-15(18-11)14-5-3-2-4-13(14)8-12(9-16)10-17/h2-8H,1H3. The van der Waals surface area contributed by atoms with Crippen LogP contribution in [-0.2, 0) is 0 Å². The molecule has 18 heavy (non-hydrogen) atoms. The maximum Gasteiger partial charge on any atom is 0.134 e. The van der Waals surface area contributed by atoms with Crippen molar-refractivity contribution < 1.29 is 4.42 Å². The molecule has 0 spiro atoms. The number of furan rings is 1. The molecule has 0 saturated carbocycles. The molecule has 2 rings (SSSR count). The minimum Gasteiger partial charge on any atom is -0.461 e. The molecule has 1 aromatic carbocycles. The summed E-state index contributed by atoms with van der Waals surface area (Å²) in [5.41, 5.74) is 1.74. The molecule has 0 saturated heterocycles. The normalized spacial score (nSPS) is 9.28. The van der Waals surface area contributed by atoms with Gasteiger partial charge in [0.15, 0.2) is 0 Å². The van der Waals surface area contributed by atoms with Crippen LogP contribution in [0, 0.1) is 29.6 Å². The largest absolute Gasteiger partial charge is 0.461 e. The Morgan fingerprint density at radius 2 is 1.83 bits per heavy atom. The Morgan fingerprint density at radius 3 is 2.44 bits per heavy atom. The highest BCUT2D eigenvalue weighted by atomic mass is 16.3. The van der Waals surface area contributed by atoms with Crippen molar-refractivity contribution in [2.24, 2.45) is 0 Å². The number of hydrogen-bond donors (Lipinski definition) is 0. The van der Waals surface area contributed by atoms with Crippen molar-refractivity contribution in [3.63, 3.8) is 0 Å². The van der Waals surface area contributed by atoms with E-state index in [0.29, 0.717) is 0 Å². The molecule has 0 N–H and O–H groups in total. The van der Waals surface area contributed by atoms with Gasteiger partial charge in [0.05, 0.1) is 0 Å². The van der Waals surface area contributed by atoms with E-state index < -0.39 is 0 Å². The molecule has 0 unspecified atom stereocenters. The first-order valence-corrected chi connectivity index (χ1v) is 5.42. The maximum absolute atomic E-state index is 8.79. The Morgan fingerprint density at radius 1 is 1.11 bits per heavy atom. The molecule has 0 atom stereocenters. The quantitative estimate of drug-likeness (QED) is 0.744. The Hall–Kier alpha value is -2.78. The van der Waals surface area contributed by atoms with Crippen LogP contribution in [0.1, 0.15) is 11.3 Å². The number of benzene rings is 1. The van der Waals surface area contributed by atoms with Crippen LogP contribution in [0.3, 0.4) is 0 Å². The zero-order valence-electron chi connectivity index (χ0n) is 9.84. The van der Waals surface area contributed by atoms with E-state index in [1.807, 2.05) is 55.5 Å². The summed E-state index contributed by atoms with van der Waals surface area (Å²) in [7, 11) is 0. The van der Waals surface area contributed by atoms with Crippen molar-refractivity contribution in [3.05, 3.63) is 53.3 Å². The van der Waals surface area contributed by atoms with Gasteiger partial charge in [0.2, 0.25) is 0 Å². The van der Waals surface area contributed by atoms with E-state index in [1.54, 1.807) is 6.08 Å². The molecule has 2 aromatic rings. The third-order valence-electron chi connectivity index (χ3n) is 2.51. The molecule has 0 amide bonds. The van der Waals surface area contributed by atoms with Gasteiger partial charge < -0.3 is 4.42 Å². The Balaban J connectivity index is 2.55. The third kappa shape index (κ3) is 2.31. The number of nitrogens with zero attached hydrogens (tertiary/aromatic N) is 2. The summed E-state index contributed by atoms with van der Waals surface area (Å²) in [6, 6.07) is 15.0. The van der Waals surface area contributed by atoms with Gasteiger partial charge in [-0.1, -0.05) is 24.3 Å². The molecule has 1 aromatic heterocycles. The van der Waals surface area contributed by atoms with E-state index >= 15 is 0 Å².